The molecule has 0 saturated heterocycles. The molecule has 1 aromatic rings. The minimum Gasteiger partial charge on any atom is -0.507 e. The zero-order valence-electron chi connectivity index (χ0n) is 10.8. The summed E-state index contributed by atoms with van der Waals surface area (Å²) in [4.78, 5) is 21.9. The van der Waals surface area contributed by atoms with Gasteiger partial charge in [-0.2, -0.15) is 4.72 Å². The maximum Gasteiger partial charge on any atom is 0.341 e. The number of nitrogens with two attached hydrogens (primary N) is 1. The number of nitrogens with one attached hydrogen (secondary N) is 1. The monoisotopic (exact) mass is 302 g/mol. The number of rotatable bonds is 5. The lowest BCUT2D eigenvalue weighted by atomic mass is 10.2. The summed E-state index contributed by atoms with van der Waals surface area (Å²) in [6.07, 6.45) is 0. The molecule has 9 heteroatoms. The van der Waals surface area contributed by atoms with Crippen LogP contribution in [-0.4, -0.2) is 38.6 Å². The molecule has 8 nitrogen and oxygen atoms in total. The predicted octanol–water partition coefficient (Wildman–Crippen LogP) is -0.669. The van der Waals surface area contributed by atoms with Gasteiger partial charge >= 0.3 is 5.97 Å². The van der Waals surface area contributed by atoms with Crippen molar-refractivity contribution in [3.8, 4) is 5.75 Å². The molecule has 0 heterocycles. The average molecular weight is 302 g/mol. The van der Waals surface area contributed by atoms with Crippen molar-refractivity contribution in [2.24, 2.45) is 5.73 Å². The molecule has 1 aromatic carbocycles. The highest BCUT2D eigenvalue weighted by Crippen LogP contribution is 2.22. The molecule has 0 aliphatic heterocycles. The summed E-state index contributed by atoms with van der Waals surface area (Å²) in [5.41, 5.74) is 4.66. The van der Waals surface area contributed by atoms with Crippen LogP contribution in [0.4, 0.5) is 0 Å². The van der Waals surface area contributed by atoms with E-state index in [1.807, 2.05) is 4.72 Å². The summed E-state index contributed by atoms with van der Waals surface area (Å²) in [5.74, 6) is -2.15. The van der Waals surface area contributed by atoms with Crippen LogP contribution in [-0.2, 0) is 19.6 Å². The molecule has 0 aromatic heterocycles. The molecule has 4 N–H and O–H groups in total. The number of hydrogen-bond acceptors (Lipinski definition) is 6. The van der Waals surface area contributed by atoms with Gasteiger partial charge < -0.3 is 15.6 Å². The maximum atomic E-state index is 12.0. The molecule has 1 rings (SSSR count). The predicted molar refractivity (Wildman–Crippen MR) is 68.4 cm³/mol. The topological polar surface area (TPSA) is 136 Å². The first-order valence-corrected chi connectivity index (χ1v) is 6.90. The summed E-state index contributed by atoms with van der Waals surface area (Å²) < 4.78 is 30.4. The van der Waals surface area contributed by atoms with Gasteiger partial charge in [-0.05, 0) is 25.1 Å². The summed E-state index contributed by atoms with van der Waals surface area (Å²) in [5, 5.41) is 9.48. The first-order valence-electron chi connectivity index (χ1n) is 5.42. The molecule has 0 aliphatic carbocycles. The SMILES string of the molecule is COC(=O)c1cc(S(=O)(=O)NC(C)C(N)=O)ccc1O. The number of phenolic OH excluding ortho intramolecular Hbond substituents is 1. The second-order valence-corrected chi connectivity index (χ2v) is 5.63. The van der Waals surface area contributed by atoms with Crippen LogP contribution in [0.1, 0.15) is 17.3 Å². The van der Waals surface area contributed by atoms with Gasteiger partial charge in [0.15, 0.2) is 0 Å². The van der Waals surface area contributed by atoms with Crippen LogP contribution in [0, 0.1) is 0 Å². The van der Waals surface area contributed by atoms with Crippen molar-refractivity contribution in [3.63, 3.8) is 0 Å². The third-order valence-corrected chi connectivity index (χ3v) is 3.98. The van der Waals surface area contributed by atoms with E-state index < -0.39 is 33.7 Å². The van der Waals surface area contributed by atoms with Crippen molar-refractivity contribution in [2.75, 3.05) is 7.11 Å². The number of methoxy groups -OCH3 is 1. The molecular weight excluding hydrogens is 288 g/mol. The van der Waals surface area contributed by atoms with Gasteiger partial charge in [-0.15, -0.1) is 0 Å². The molecule has 20 heavy (non-hydrogen) atoms. The summed E-state index contributed by atoms with van der Waals surface area (Å²) >= 11 is 0. The second kappa shape index (κ2) is 5.88. The Bertz CT molecular complexity index is 640. The van der Waals surface area contributed by atoms with Gasteiger partial charge in [0.05, 0.1) is 18.0 Å². The molecule has 110 valence electrons. The van der Waals surface area contributed by atoms with E-state index in [9.17, 15) is 23.1 Å². The van der Waals surface area contributed by atoms with E-state index in [2.05, 4.69) is 4.74 Å². The van der Waals surface area contributed by atoms with Crippen LogP contribution in [0.3, 0.4) is 0 Å². The minimum atomic E-state index is -4.06. The summed E-state index contributed by atoms with van der Waals surface area (Å²) in [6, 6.07) is 1.94. The largest absolute Gasteiger partial charge is 0.507 e. The molecule has 0 saturated carbocycles. The lowest BCUT2D eigenvalue weighted by Gasteiger charge is -2.12. The molecule has 0 bridgehead atoms. The molecule has 0 fully saturated rings. The number of benzene rings is 1. The molecule has 1 amide bonds. The Morgan fingerprint density at radius 2 is 2.00 bits per heavy atom. The summed E-state index contributed by atoms with van der Waals surface area (Å²) in [7, 11) is -2.96. The lowest BCUT2D eigenvalue weighted by Crippen LogP contribution is -2.42. The molecule has 1 unspecified atom stereocenters. The van der Waals surface area contributed by atoms with E-state index in [1.165, 1.54) is 6.92 Å². The van der Waals surface area contributed by atoms with Gasteiger partial charge in [0, 0.05) is 0 Å². The average Bonchev–Trinajstić information content (AvgIpc) is 2.37. The lowest BCUT2D eigenvalue weighted by molar-refractivity contribution is -0.119. The van der Waals surface area contributed by atoms with E-state index in [4.69, 9.17) is 5.73 Å². The number of aromatic hydroxyl groups is 1. The van der Waals surface area contributed by atoms with Gasteiger partial charge in [-0.1, -0.05) is 0 Å². The van der Waals surface area contributed by atoms with Crippen LogP contribution in [0.2, 0.25) is 0 Å². The van der Waals surface area contributed by atoms with Crippen LogP contribution in [0.25, 0.3) is 0 Å². The van der Waals surface area contributed by atoms with Crippen molar-refractivity contribution in [1.82, 2.24) is 4.72 Å². The number of phenols is 1. The smallest absolute Gasteiger partial charge is 0.341 e. The van der Waals surface area contributed by atoms with E-state index in [0.717, 1.165) is 25.3 Å². The quantitative estimate of drug-likeness (QED) is 0.617. The van der Waals surface area contributed by atoms with Crippen LogP contribution >= 0.6 is 0 Å². The third kappa shape index (κ3) is 3.45. The number of amides is 1. The second-order valence-electron chi connectivity index (χ2n) is 3.92. The fourth-order valence-electron chi connectivity index (χ4n) is 1.31. The van der Waals surface area contributed by atoms with Crippen molar-refractivity contribution < 1.29 is 27.9 Å². The fourth-order valence-corrected chi connectivity index (χ4v) is 2.55. The Kier molecular flexibility index (Phi) is 4.69. The minimum absolute atomic E-state index is 0.302. The number of hydrogen-bond donors (Lipinski definition) is 3. The van der Waals surface area contributed by atoms with Crippen molar-refractivity contribution in [1.29, 1.82) is 0 Å². The Morgan fingerprint density at radius 3 is 2.50 bits per heavy atom. The van der Waals surface area contributed by atoms with Gasteiger partial charge in [-0.3, -0.25) is 4.79 Å². The number of esters is 1. The summed E-state index contributed by atoms with van der Waals surface area (Å²) in [6.45, 7) is 1.28. The number of sulfonamides is 1. The van der Waals surface area contributed by atoms with Crippen LogP contribution in [0.5, 0.6) is 5.75 Å². The first-order chi connectivity index (χ1) is 9.19. The van der Waals surface area contributed by atoms with Gasteiger partial charge in [0.1, 0.15) is 11.3 Å². The van der Waals surface area contributed by atoms with E-state index >= 15 is 0 Å². The molecular formula is C11H14N2O6S. The first kappa shape index (κ1) is 15.9. The fraction of sp³-hybridized carbons (Fsp3) is 0.273. The van der Waals surface area contributed by atoms with Crippen molar-refractivity contribution in [3.05, 3.63) is 23.8 Å². The van der Waals surface area contributed by atoms with E-state index in [1.54, 1.807) is 0 Å². The zero-order chi connectivity index (χ0) is 15.5. The van der Waals surface area contributed by atoms with Gasteiger partial charge in [0.2, 0.25) is 15.9 Å². The molecule has 0 aliphatic rings. The highest BCUT2D eigenvalue weighted by Gasteiger charge is 2.23. The van der Waals surface area contributed by atoms with Crippen LogP contribution in [0.15, 0.2) is 23.1 Å². The molecule has 0 radical (unpaired) electrons. The normalized spacial score (nSPS) is 12.7. The number of carbonyl (C=O) groups excluding carboxylic acids is 2. The number of ether oxygens (including phenoxy) is 1. The number of carbonyl (C=O) groups is 2. The highest BCUT2D eigenvalue weighted by molar-refractivity contribution is 7.89. The maximum absolute atomic E-state index is 12.0. The molecule has 1 atom stereocenters. The van der Waals surface area contributed by atoms with Crippen LogP contribution < -0.4 is 10.5 Å². The van der Waals surface area contributed by atoms with Crippen molar-refractivity contribution in [2.45, 2.75) is 17.9 Å². The van der Waals surface area contributed by atoms with Gasteiger partial charge in [-0.25, -0.2) is 13.2 Å². The highest BCUT2D eigenvalue weighted by atomic mass is 32.2. The Hall–Kier alpha value is -2.13. The van der Waals surface area contributed by atoms with E-state index in [-0.39, 0.29) is 10.5 Å². The zero-order valence-corrected chi connectivity index (χ0v) is 11.6. The van der Waals surface area contributed by atoms with E-state index in [0.29, 0.717) is 0 Å². The Balaban J connectivity index is 3.20. The Morgan fingerprint density at radius 1 is 1.40 bits per heavy atom. The van der Waals surface area contributed by atoms with Crippen molar-refractivity contribution >= 4 is 21.9 Å². The third-order valence-electron chi connectivity index (χ3n) is 2.44. The standard InChI is InChI=1S/C11H14N2O6S/c1-6(10(12)15)13-20(17,18)7-3-4-9(14)8(5-7)11(16)19-2/h3-6,13-14H,1-2H3,(H2,12,15). The Labute approximate surface area is 115 Å². The van der Waals surface area contributed by atoms with Gasteiger partial charge in [0.25, 0.3) is 0 Å². The number of primary amides is 1. The molecule has 0 spiro atoms.